The van der Waals surface area contributed by atoms with Gasteiger partial charge in [0.1, 0.15) is 5.75 Å². The van der Waals surface area contributed by atoms with Gasteiger partial charge in [-0.3, -0.25) is 4.79 Å². The number of amides is 1. The van der Waals surface area contributed by atoms with Gasteiger partial charge in [-0.1, -0.05) is 17.7 Å². The van der Waals surface area contributed by atoms with Gasteiger partial charge >= 0.3 is 0 Å². The van der Waals surface area contributed by atoms with Crippen LogP contribution < -0.4 is 15.8 Å². The Morgan fingerprint density at radius 1 is 1.29 bits per heavy atom. The Labute approximate surface area is 128 Å². The van der Waals surface area contributed by atoms with Crippen molar-refractivity contribution in [2.45, 2.75) is 13.5 Å². The van der Waals surface area contributed by atoms with E-state index in [1.54, 1.807) is 19.2 Å². The van der Waals surface area contributed by atoms with Gasteiger partial charge in [0, 0.05) is 17.8 Å². The number of nitrogens with two attached hydrogens (primary N) is 1. The molecule has 0 aliphatic rings. The summed E-state index contributed by atoms with van der Waals surface area (Å²) in [6.45, 7) is 2.55. The van der Waals surface area contributed by atoms with E-state index in [9.17, 15) is 4.79 Å². The number of primary amides is 1. The van der Waals surface area contributed by atoms with Crippen LogP contribution in [-0.2, 0) is 6.54 Å². The van der Waals surface area contributed by atoms with Gasteiger partial charge in [0.25, 0.3) is 0 Å². The third-order valence-electron chi connectivity index (χ3n) is 3.21. The first-order valence-corrected chi connectivity index (χ1v) is 6.86. The van der Waals surface area contributed by atoms with Crippen molar-refractivity contribution in [1.82, 2.24) is 0 Å². The Morgan fingerprint density at radius 3 is 2.62 bits per heavy atom. The van der Waals surface area contributed by atoms with Crippen LogP contribution >= 0.6 is 11.6 Å². The van der Waals surface area contributed by atoms with E-state index in [1.165, 1.54) is 0 Å². The molecule has 5 heteroatoms. The van der Waals surface area contributed by atoms with Gasteiger partial charge in [0.05, 0.1) is 12.1 Å². The van der Waals surface area contributed by atoms with Crippen molar-refractivity contribution < 1.29 is 9.53 Å². The second-order valence-electron chi connectivity index (χ2n) is 4.72. The molecule has 2 aromatic rings. The summed E-state index contributed by atoms with van der Waals surface area (Å²) in [5.74, 6) is 0.231. The lowest BCUT2D eigenvalue weighted by Gasteiger charge is -2.11. The summed E-state index contributed by atoms with van der Waals surface area (Å²) in [5, 5.41) is 3.89. The summed E-state index contributed by atoms with van der Waals surface area (Å²) < 4.78 is 5.12. The highest BCUT2D eigenvalue weighted by Gasteiger charge is 2.05. The topological polar surface area (TPSA) is 64.3 Å². The number of rotatable bonds is 5. The maximum atomic E-state index is 11.1. The van der Waals surface area contributed by atoms with Gasteiger partial charge in [0.15, 0.2) is 0 Å². The van der Waals surface area contributed by atoms with E-state index in [4.69, 9.17) is 22.1 Å². The largest absolute Gasteiger partial charge is 0.495 e. The number of hydrogen-bond donors (Lipinski definition) is 2. The lowest BCUT2D eigenvalue weighted by molar-refractivity contribution is 0.1000. The van der Waals surface area contributed by atoms with Crippen LogP contribution in [0.15, 0.2) is 36.4 Å². The van der Waals surface area contributed by atoms with Crippen LogP contribution in [0.2, 0.25) is 5.02 Å². The second-order valence-corrected chi connectivity index (χ2v) is 5.12. The number of aryl methyl sites for hydroxylation is 1. The molecule has 0 unspecified atom stereocenters. The van der Waals surface area contributed by atoms with Crippen LogP contribution in [0.1, 0.15) is 21.5 Å². The summed E-state index contributed by atoms with van der Waals surface area (Å²) in [6, 6.07) is 11.0. The smallest absolute Gasteiger partial charge is 0.248 e. The molecule has 0 aliphatic carbocycles. The minimum atomic E-state index is -0.424. The Balaban J connectivity index is 2.09. The molecular formula is C16H17ClN2O2. The van der Waals surface area contributed by atoms with Crippen LogP contribution in [-0.4, -0.2) is 13.0 Å². The molecule has 2 rings (SSSR count). The molecular weight excluding hydrogens is 288 g/mol. The molecule has 3 N–H and O–H groups in total. The number of halogens is 1. The first-order valence-electron chi connectivity index (χ1n) is 6.48. The van der Waals surface area contributed by atoms with Gasteiger partial charge in [-0.25, -0.2) is 0 Å². The predicted molar refractivity (Wildman–Crippen MR) is 85.0 cm³/mol. The van der Waals surface area contributed by atoms with Crippen molar-refractivity contribution in [3.8, 4) is 5.75 Å². The SMILES string of the molecule is COc1ccc(CNc2ccc(C(N)=O)cc2C)cc1Cl. The predicted octanol–water partition coefficient (Wildman–Crippen LogP) is 3.37. The average molecular weight is 305 g/mol. The number of hydrogen-bond acceptors (Lipinski definition) is 3. The van der Waals surface area contributed by atoms with E-state index >= 15 is 0 Å². The van der Waals surface area contributed by atoms with Crippen molar-refractivity contribution in [2.75, 3.05) is 12.4 Å². The van der Waals surface area contributed by atoms with Crippen molar-refractivity contribution >= 4 is 23.2 Å². The summed E-state index contributed by atoms with van der Waals surface area (Å²) in [7, 11) is 1.59. The molecule has 0 aliphatic heterocycles. The Morgan fingerprint density at radius 2 is 2.05 bits per heavy atom. The maximum absolute atomic E-state index is 11.1. The fourth-order valence-electron chi connectivity index (χ4n) is 2.03. The lowest BCUT2D eigenvalue weighted by Crippen LogP contribution is -2.11. The van der Waals surface area contributed by atoms with Crippen LogP contribution in [0, 0.1) is 6.92 Å². The molecule has 0 heterocycles. The number of ether oxygens (including phenoxy) is 1. The fourth-order valence-corrected chi connectivity index (χ4v) is 2.31. The van der Waals surface area contributed by atoms with E-state index in [0.717, 1.165) is 16.8 Å². The van der Waals surface area contributed by atoms with E-state index < -0.39 is 5.91 Å². The number of anilines is 1. The van der Waals surface area contributed by atoms with E-state index in [2.05, 4.69) is 5.32 Å². The fraction of sp³-hybridized carbons (Fsp3) is 0.188. The van der Waals surface area contributed by atoms with Crippen molar-refractivity contribution in [1.29, 1.82) is 0 Å². The number of methoxy groups -OCH3 is 1. The molecule has 0 saturated carbocycles. The highest BCUT2D eigenvalue weighted by atomic mass is 35.5. The Hall–Kier alpha value is -2.20. The quantitative estimate of drug-likeness (QED) is 0.890. The maximum Gasteiger partial charge on any atom is 0.248 e. The van der Waals surface area contributed by atoms with E-state index in [0.29, 0.717) is 22.9 Å². The standard InChI is InChI=1S/C16H17ClN2O2/c1-10-7-12(16(18)20)4-5-14(10)19-9-11-3-6-15(21-2)13(17)8-11/h3-8,19H,9H2,1-2H3,(H2,18,20). The normalized spacial score (nSPS) is 10.2. The number of benzene rings is 2. The first-order chi connectivity index (χ1) is 10.0. The van der Waals surface area contributed by atoms with Crippen molar-refractivity contribution in [2.24, 2.45) is 5.73 Å². The van der Waals surface area contributed by atoms with E-state index in [1.807, 2.05) is 31.2 Å². The highest BCUT2D eigenvalue weighted by molar-refractivity contribution is 6.32. The second kappa shape index (κ2) is 6.50. The van der Waals surface area contributed by atoms with Crippen LogP contribution in [0.4, 0.5) is 5.69 Å². The minimum absolute atomic E-state index is 0.424. The zero-order valence-electron chi connectivity index (χ0n) is 11.9. The average Bonchev–Trinajstić information content (AvgIpc) is 2.46. The number of carbonyl (C=O) groups excluding carboxylic acids is 1. The van der Waals surface area contributed by atoms with Crippen molar-refractivity contribution in [3.63, 3.8) is 0 Å². The molecule has 0 atom stereocenters. The van der Waals surface area contributed by atoms with Gasteiger partial charge in [-0.2, -0.15) is 0 Å². The monoisotopic (exact) mass is 304 g/mol. The molecule has 0 bridgehead atoms. The van der Waals surface area contributed by atoms with Gasteiger partial charge in [-0.05, 0) is 48.4 Å². The van der Waals surface area contributed by atoms with Crippen molar-refractivity contribution in [3.05, 3.63) is 58.1 Å². The Bertz CT molecular complexity index is 671. The van der Waals surface area contributed by atoms with E-state index in [-0.39, 0.29) is 0 Å². The number of carbonyl (C=O) groups is 1. The molecule has 0 aromatic heterocycles. The summed E-state index contributed by atoms with van der Waals surface area (Å²) in [6.07, 6.45) is 0. The van der Waals surface area contributed by atoms with Gasteiger partial charge in [-0.15, -0.1) is 0 Å². The summed E-state index contributed by atoms with van der Waals surface area (Å²) >= 11 is 6.09. The van der Waals surface area contributed by atoms with Gasteiger partial charge in [0.2, 0.25) is 5.91 Å². The zero-order valence-corrected chi connectivity index (χ0v) is 12.7. The molecule has 110 valence electrons. The highest BCUT2D eigenvalue weighted by Crippen LogP contribution is 2.25. The summed E-state index contributed by atoms with van der Waals surface area (Å²) in [5.41, 5.74) is 8.72. The molecule has 2 aromatic carbocycles. The third kappa shape index (κ3) is 3.67. The first kappa shape index (κ1) is 15.2. The molecule has 0 saturated heterocycles. The lowest BCUT2D eigenvalue weighted by atomic mass is 10.1. The molecule has 4 nitrogen and oxygen atoms in total. The number of nitrogens with one attached hydrogen (secondary N) is 1. The molecule has 1 amide bonds. The molecule has 0 radical (unpaired) electrons. The molecule has 21 heavy (non-hydrogen) atoms. The molecule has 0 fully saturated rings. The minimum Gasteiger partial charge on any atom is -0.495 e. The van der Waals surface area contributed by atoms with Gasteiger partial charge < -0.3 is 15.8 Å². The zero-order chi connectivity index (χ0) is 15.4. The third-order valence-corrected chi connectivity index (χ3v) is 3.51. The van der Waals surface area contributed by atoms with Crippen LogP contribution in [0.3, 0.4) is 0 Å². The summed E-state index contributed by atoms with van der Waals surface area (Å²) in [4.78, 5) is 11.1. The Kier molecular flexibility index (Phi) is 4.70. The van der Waals surface area contributed by atoms with Crippen LogP contribution in [0.25, 0.3) is 0 Å². The molecule has 0 spiro atoms. The van der Waals surface area contributed by atoms with Crippen LogP contribution in [0.5, 0.6) is 5.75 Å².